The lowest BCUT2D eigenvalue weighted by Gasteiger charge is -2.12. The maximum atomic E-state index is 11.7. The predicted molar refractivity (Wildman–Crippen MR) is 84.3 cm³/mol. The summed E-state index contributed by atoms with van der Waals surface area (Å²) >= 11 is 0. The molecule has 2 rings (SSSR count). The summed E-state index contributed by atoms with van der Waals surface area (Å²) in [6.07, 6.45) is 8.58. The highest BCUT2D eigenvalue weighted by Gasteiger charge is 2.21. The van der Waals surface area contributed by atoms with Gasteiger partial charge in [0.2, 0.25) is 0 Å². The van der Waals surface area contributed by atoms with Gasteiger partial charge >= 0.3 is 5.97 Å². The van der Waals surface area contributed by atoms with Crippen LogP contribution < -0.4 is 10.6 Å². The Bertz CT molecular complexity index is 347. The van der Waals surface area contributed by atoms with Gasteiger partial charge < -0.3 is 15.4 Å². The fourth-order valence-corrected chi connectivity index (χ4v) is 2.55. The average Bonchev–Trinajstić information content (AvgIpc) is 3.17. The molecule has 0 amide bonds. The predicted octanol–water partition coefficient (Wildman–Crippen LogP) is 2.22. The lowest BCUT2D eigenvalue weighted by molar-refractivity contribution is -0.148. The number of guanidine groups is 1. The number of hydrogen-bond acceptors (Lipinski definition) is 3. The van der Waals surface area contributed by atoms with E-state index in [-0.39, 0.29) is 12.1 Å². The molecular formula is C16H29N3O2. The zero-order chi connectivity index (χ0) is 14.9. The zero-order valence-corrected chi connectivity index (χ0v) is 13.2. The van der Waals surface area contributed by atoms with E-state index in [9.17, 15) is 4.79 Å². The number of rotatable bonds is 8. The molecule has 2 saturated carbocycles. The van der Waals surface area contributed by atoms with Crippen molar-refractivity contribution >= 4 is 11.9 Å². The summed E-state index contributed by atoms with van der Waals surface area (Å²) in [6, 6.07) is 0. The van der Waals surface area contributed by atoms with Gasteiger partial charge in [0, 0.05) is 26.1 Å². The molecule has 0 heterocycles. The number of nitrogens with zero attached hydrogens (tertiary/aromatic N) is 1. The molecule has 120 valence electrons. The van der Waals surface area contributed by atoms with Crippen LogP contribution in [0.5, 0.6) is 0 Å². The van der Waals surface area contributed by atoms with E-state index in [0.29, 0.717) is 6.42 Å². The number of ether oxygens (including phenoxy) is 1. The van der Waals surface area contributed by atoms with E-state index in [1.54, 1.807) is 0 Å². The molecule has 0 aromatic heterocycles. The van der Waals surface area contributed by atoms with Crippen LogP contribution in [0.2, 0.25) is 0 Å². The van der Waals surface area contributed by atoms with E-state index in [0.717, 1.165) is 50.8 Å². The number of aliphatic imine (C=N–C) groups is 1. The molecule has 0 spiro atoms. The second-order valence-corrected chi connectivity index (χ2v) is 6.09. The van der Waals surface area contributed by atoms with Crippen LogP contribution in [0.15, 0.2) is 4.99 Å². The molecule has 21 heavy (non-hydrogen) atoms. The van der Waals surface area contributed by atoms with E-state index in [1.807, 2.05) is 0 Å². The first-order valence-corrected chi connectivity index (χ1v) is 8.49. The Balaban J connectivity index is 1.55. The van der Waals surface area contributed by atoms with Crippen LogP contribution in [-0.4, -0.2) is 37.7 Å². The average molecular weight is 295 g/mol. The summed E-state index contributed by atoms with van der Waals surface area (Å²) in [5.74, 6) is 1.61. The van der Waals surface area contributed by atoms with E-state index < -0.39 is 0 Å². The van der Waals surface area contributed by atoms with Crippen LogP contribution in [0, 0.1) is 5.92 Å². The zero-order valence-electron chi connectivity index (χ0n) is 13.2. The molecule has 0 atom stereocenters. The minimum absolute atomic E-state index is 0.0522. The third kappa shape index (κ3) is 6.82. The summed E-state index contributed by atoms with van der Waals surface area (Å²) in [4.78, 5) is 16.3. The van der Waals surface area contributed by atoms with Crippen LogP contribution in [-0.2, 0) is 9.53 Å². The van der Waals surface area contributed by atoms with Crippen molar-refractivity contribution < 1.29 is 9.53 Å². The topological polar surface area (TPSA) is 62.7 Å². The van der Waals surface area contributed by atoms with E-state index in [1.165, 1.54) is 25.7 Å². The van der Waals surface area contributed by atoms with Crippen molar-refractivity contribution in [2.24, 2.45) is 10.9 Å². The molecule has 5 heteroatoms. The van der Waals surface area contributed by atoms with Gasteiger partial charge in [-0.25, -0.2) is 0 Å². The minimum atomic E-state index is -0.0522. The summed E-state index contributed by atoms with van der Waals surface area (Å²) < 4.78 is 5.44. The molecule has 0 aliphatic heterocycles. The highest BCUT2D eigenvalue weighted by Crippen LogP contribution is 2.28. The van der Waals surface area contributed by atoms with E-state index >= 15 is 0 Å². The molecule has 0 aromatic rings. The van der Waals surface area contributed by atoms with E-state index in [4.69, 9.17) is 4.74 Å². The normalized spacial score (nSPS) is 19.6. The molecule has 2 N–H and O–H groups in total. The van der Waals surface area contributed by atoms with Gasteiger partial charge in [0.25, 0.3) is 0 Å². The second kappa shape index (κ2) is 8.90. The summed E-state index contributed by atoms with van der Waals surface area (Å²) in [6.45, 7) is 4.60. The third-order valence-corrected chi connectivity index (χ3v) is 4.00. The van der Waals surface area contributed by atoms with Crippen molar-refractivity contribution in [1.82, 2.24) is 10.6 Å². The van der Waals surface area contributed by atoms with Crippen LogP contribution in [0.4, 0.5) is 0 Å². The number of carbonyl (C=O) groups excluding carboxylic acids is 1. The van der Waals surface area contributed by atoms with Gasteiger partial charge in [-0.1, -0.05) is 0 Å². The van der Waals surface area contributed by atoms with Crippen molar-refractivity contribution in [3.05, 3.63) is 0 Å². The molecule has 0 unspecified atom stereocenters. The molecule has 2 aliphatic carbocycles. The van der Waals surface area contributed by atoms with E-state index in [2.05, 4.69) is 22.5 Å². The van der Waals surface area contributed by atoms with Crippen molar-refractivity contribution in [2.45, 2.75) is 64.4 Å². The molecule has 2 aliphatic rings. The van der Waals surface area contributed by atoms with Crippen molar-refractivity contribution in [3.8, 4) is 0 Å². The Morgan fingerprint density at radius 1 is 1.19 bits per heavy atom. The van der Waals surface area contributed by atoms with Gasteiger partial charge in [0.05, 0.1) is 0 Å². The molecule has 0 saturated heterocycles. The Morgan fingerprint density at radius 2 is 1.95 bits per heavy atom. The van der Waals surface area contributed by atoms with Crippen LogP contribution in [0.3, 0.4) is 0 Å². The lowest BCUT2D eigenvalue weighted by Crippen LogP contribution is -2.38. The minimum Gasteiger partial charge on any atom is -0.462 e. The Labute approximate surface area is 127 Å². The largest absolute Gasteiger partial charge is 0.462 e. The summed E-state index contributed by atoms with van der Waals surface area (Å²) in [5, 5.41) is 6.52. The molecule has 2 fully saturated rings. The number of nitrogens with one attached hydrogen (secondary N) is 2. The van der Waals surface area contributed by atoms with Gasteiger partial charge in [-0.2, -0.15) is 0 Å². The first-order valence-electron chi connectivity index (χ1n) is 8.49. The highest BCUT2D eigenvalue weighted by atomic mass is 16.5. The number of hydrogen-bond donors (Lipinski definition) is 2. The molecule has 0 bridgehead atoms. The van der Waals surface area contributed by atoms with Gasteiger partial charge in [0.1, 0.15) is 6.10 Å². The first kappa shape index (κ1) is 16.1. The molecule has 5 nitrogen and oxygen atoms in total. The Kier molecular flexibility index (Phi) is 6.83. The fraction of sp³-hybridized carbons (Fsp3) is 0.875. The standard InChI is InChI=1S/C16H29N3O2/c1-2-17-16(19-12-13-9-10-13)18-11-5-8-15(20)21-14-6-3-4-7-14/h13-14H,2-12H2,1H3,(H2,17,18,19). The maximum absolute atomic E-state index is 11.7. The molecular weight excluding hydrogens is 266 g/mol. The maximum Gasteiger partial charge on any atom is 0.306 e. The van der Waals surface area contributed by atoms with Crippen LogP contribution >= 0.6 is 0 Å². The fourth-order valence-electron chi connectivity index (χ4n) is 2.55. The summed E-state index contributed by atoms with van der Waals surface area (Å²) in [7, 11) is 0. The molecule has 0 radical (unpaired) electrons. The SMILES string of the molecule is CCNC(=NCC1CC1)NCCCC(=O)OC1CCCC1. The van der Waals surface area contributed by atoms with Crippen molar-refractivity contribution in [1.29, 1.82) is 0 Å². The van der Waals surface area contributed by atoms with Crippen LogP contribution in [0.25, 0.3) is 0 Å². The van der Waals surface area contributed by atoms with Gasteiger partial charge in [0.15, 0.2) is 5.96 Å². The quantitative estimate of drug-likeness (QED) is 0.312. The first-order chi connectivity index (χ1) is 10.3. The lowest BCUT2D eigenvalue weighted by atomic mass is 10.3. The summed E-state index contributed by atoms with van der Waals surface area (Å²) in [5.41, 5.74) is 0. The smallest absolute Gasteiger partial charge is 0.306 e. The Hall–Kier alpha value is -1.26. The second-order valence-electron chi connectivity index (χ2n) is 6.09. The number of esters is 1. The Morgan fingerprint density at radius 3 is 2.62 bits per heavy atom. The molecule has 0 aromatic carbocycles. The van der Waals surface area contributed by atoms with Crippen LogP contribution in [0.1, 0.15) is 58.3 Å². The third-order valence-electron chi connectivity index (χ3n) is 4.00. The highest BCUT2D eigenvalue weighted by molar-refractivity contribution is 5.79. The van der Waals surface area contributed by atoms with Crippen molar-refractivity contribution in [2.75, 3.05) is 19.6 Å². The van der Waals surface area contributed by atoms with Gasteiger partial charge in [-0.15, -0.1) is 0 Å². The van der Waals surface area contributed by atoms with Gasteiger partial charge in [-0.3, -0.25) is 9.79 Å². The van der Waals surface area contributed by atoms with Crippen molar-refractivity contribution in [3.63, 3.8) is 0 Å². The number of carbonyl (C=O) groups is 1. The van der Waals surface area contributed by atoms with Gasteiger partial charge in [-0.05, 0) is 57.8 Å². The monoisotopic (exact) mass is 295 g/mol.